The Morgan fingerprint density at radius 1 is 1.09 bits per heavy atom. The zero-order valence-corrected chi connectivity index (χ0v) is 18.0. The van der Waals surface area contributed by atoms with E-state index in [0.29, 0.717) is 33.2 Å². The fraction of sp³-hybridized carbons (Fsp3) is 0.182. The molecular formula is C22H19ClN6O4. The summed E-state index contributed by atoms with van der Waals surface area (Å²) in [6.45, 7) is 0.823. The highest BCUT2D eigenvalue weighted by atomic mass is 35.5. The van der Waals surface area contributed by atoms with Crippen LogP contribution in [0, 0.1) is 0 Å². The molecule has 11 heteroatoms. The van der Waals surface area contributed by atoms with Gasteiger partial charge in [-0.25, -0.2) is 4.79 Å². The first-order valence-electron chi connectivity index (χ1n) is 10.3. The third-order valence-corrected chi connectivity index (χ3v) is 5.70. The minimum absolute atomic E-state index is 0.104. The number of rotatable bonds is 5. The second kappa shape index (κ2) is 8.57. The molecule has 2 aromatic heterocycles. The van der Waals surface area contributed by atoms with E-state index in [-0.39, 0.29) is 17.8 Å². The Morgan fingerprint density at radius 3 is 2.73 bits per heavy atom. The topological polar surface area (TPSA) is 145 Å². The van der Waals surface area contributed by atoms with Crippen LogP contribution in [0.25, 0.3) is 22.3 Å². The van der Waals surface area contributed by atoms with Crippen molar-refractivity contribution >= 4 is 45.7 Å². The second-order valence-corrected chi connectivity index (χ2v) is 8.12. The van der Waals surface area contributed by atoms with Crippen molar-refractivity contribution in [3.05, 3.63) is 63.7 Å². The lowest BCUT2D eigenvalue weighted by molar-refractivity contribution is -0.117. The Kier molecular flexibility index (Phi) is 5.45. The average molecular weight is 467 g/mol. The lowest BCUT2D eigenvalue weighted by Crippen LogP contribution is -2.35. The van der Waals surface area contributed by atoms with Gasteiger partial charge in [0, 0.05) is 16.0 Å². The molecule has 4 aromatic rings. The van der Waals surface area contributed by atoms with Crippen molar-refractivity contribution in [3.8, 4) is 11.4 Å². The summed E-state index contributed by atoms with van der Waals surface area (Å²) in [5.41, 5.74) is 2.31. The van der Waals surface area contributed by atoms with Crippen LogP contribution in [0.1, 0.15) is 23.3 Å². The first-order valence-corrected chi connectivity index (χ1v) is 10.7. The maximum atomic E-state index is 13.0. The molecule has 1 aliphatic heterocycles. The zero-order chi connectivity index (χ0) is 22.9. The van der Waals surface area contributed by atoms with Gasteiger partial charge in [-0.15, -0.1) is 0 Å². The van der Waals surface area contributed by atoms with Gasteiger partial charge in [0.15, 0.2) is 5.82 Å². The minimum atomic E-state index is -0.722. The second-order valence-electron chi connectivity index (χ2n) is 7.68. The molecule has 0 unspecified atom stereocenters. The zero-order valence-electron chi connectivity index (χ0n) is 17.2. The largest absolute Gasteiger partial charge is 0.439 e. The van der Waals surface area contributed by atoms with Crippen molar-refractivity contribution in [2.45, 2.75) is 18.9 Å². The Hall–Kier alpha value is -3.89. The SMILES string of the molecule is O=C(Nc1ccc(Cl)cc1-c1noc(=O)[nH]1)c1cc2cccc(NC(=O)[C@@H]3CCCN3)c2[nH]1. The van der Waals surface area contributed by atoms with Crippen molar-refractivity contribution in [2.24, 2.45) is 0 Å². The van der Waals surface area contributed by atoms with E-state index in [2.05, 4.69) is 35.6 Å². The minimum Gasteiger partial charge on any atom is -0.349 e. The van der Waals surface area contributed by atoms with Gasteiger partial charge in [0.1, 0.15) is 5.69 Å². The molecule has 2 amide bonds. The fourth-order valence-corrected chi connectivity index (χ4v) is 4.04. The van der Waals surface area contributed by atoms with Gasteiger partial charge >= 0.3 is 5.76 Å². The maximum absolute atomic E-state index is 13.0. The van der Waals surface area contributed by atoms with Gasteiger partial charge in [-0.2, -0.15) is 0 Å². The van der Waals surface area contributed by atoms with Crippen molar-refractivity contribution in [1.82, 2.24) is 20.4 Å². The van der Waals surface area contributed by atoms with Crippen LogP contribution >= 0.6 is 11.6 Å². The number of amides is 2. The van der Waals surface area contributed by atoms with Gasteiger partial charge in [0.2, 0.25) is 5.91 Å². The number of anilines is 2. The standard InChI is InChI=1S/C22H19ClN6O4/c23-12-6-7-14(13(10-12)19-28-22(32)33-29-19)26-21(31)17-9-11-3-1-4-15(18(11)25-17)27-20(30)16-5-2-8-24-16/h1,3-4,6-7,9-10,16,24-25H,2,5,8H2,(H,26,31)(H,27,30)(H,28,29,32)/t16-/m0/s1. The number of hydrogen-bond acceptors (Lipinski definition) is 6. The predicted octanol–water partition coefficient (Wildman–Crippen LogP) is 3.11. The molecule has 33 heavy (non-hydrogen) atoms. The average Bonchev–Trinajstić information content (AvgIpc) is 3.55. The first-order chi connectivity index (χ1) is 16.0. The van der Waals surface area contributed by atoms with Crippen molar-refractivity contribution in [3.63, 3.8) is 0 Å². The fourth-order valence-electron chi connectivity index (χ4n) is 3.87. The number of nitrogens with zero attached hydrogens (tertiary/aromatic N) is 1. The van der Waals surface area contributed by atoms with E-state index in [1.165, 1.54) is 0 Å². The molecule has 2 aromatic carbocycles. The highest BCUT2D eigenvalue weighted by molar-refractivity contribution is 6.31. The number of halogens is 1. The third kappa shape index (κ3) is 4.26. The highest BCUT2D eigenvalue weighted by Crippen LogP contribution is 2.29. The number of aromatic amines is 2. The van der Waals surface area contributed by atoms with Gasteiger partial charge in [-0.05, 0) is 49.7 Å². The summed E-state index contributed by atoms with van der Waals surface area (Å²) < 4.78 is 4.56. The van der Waals surface area contributed by atoms with E-state index in [0.717, 1.165) is 24.8 Å². The summed E-state index contributed by atoms with van der Waals surface area (Å²) in [6.07, 6.45) is 1.75. The van der Waals surface area contributed by atoms with Crippen LogP contribution in [0.2, 0.25) is 5.02 Å². The summed E-state index contributed by atoms with van der Waals surface area (Å²) in [5, 5.41) is 13.7. The van der Waals surface area contributed by atoms with E-state index in [1.54, 1.807) is 30.3 Å². The molecule has 1 aliphatic rings. The summed E-state index contributed by atoms with van der Waals surface area (Å²) in [6, 6.07) is 11.7. The van der Waals surface area contributed by atoms with E-state index >= 15 is 0 Å². The van der Waals surface area contributed by atoms with Crippen LogP contribution in [0.5, 0.6) is 0 Å². The first kappa shape index (κ1) is 21.0. The summed E-state index contributed by atoms with van der Waals surface area (Å²) in [5.74, 6) is -1.11. The van der Waals surface area contributed by atoms with Crippen LogP contribution < -0.4 is 21.7 Å². The molecule has 0 radical (unpaired) electrons. The van der Waals surface area contributed by atoms with Crippen molar-refractivity contribution in [2.75, 3.05) is 17.2 Å². The Bertz CT molecular complexity index is 1420. The number of H-pyrrole nitrogens is 2. The number of nitrogens with one attached hydrogen (secondary N) is 5. The van der Waals surface area contributed by atoms with Gasteiger partial charge in [-0.3, -0.25) is 19.1 Å². The molecule has 5 rings (SSSR count). The molecule has 1 fully saturated rings. The molecule has 1 atom stereocenters. The van der Waals surface area contributed by atoms with Gasteiger partial charge < -0.3 is 20.9 Å². The molecular weight excluding hydrogens is 448 g/mol. The van der Waals surface area contributed by atoms with E-state index < -0.39 is 11.7 Å². The van der Waals surface area contributed by atoms with E-state index in [4.69, 9.17) is 11.6 Å². The third-order valence-electron chi connectivity index (χ3n) is 5.46. The van der Waals surface area contributed by atoms with E-state index in [1.807, 2.05) is 12.1 Å². The van der Waals surface area contributed by atoms with E-state index in [9.17, 15) is 14.4 Å². The number of carbonyl (C=O) groups is 2. The van der Waals surface area contributed by atoms with Crippen LogP contribution in [-0.2, 0) is 4.79 Å². The van der Waals surface area contributed by atoms with Crippen LogP contribution in [-0.4, -0.2) is 39.5 Å². The summed E-state index contributed by atoms with van der Waals surface area (Å²) in [4.78, 5) is 42.4. The van der Waals surface area contributed by atoms with Crippen LogP contribution in [0.4, 0.5) is 11.4 Å². The molecule has 3 heterocycles. The van der Waals surface area contributed by atoms with Crippen molar-refractivity contribution < 1.29 is 14.1 Å². The van der Waals surface area contributed by atoms with Crippen LogP contribution in [0.3, 0.4) is 0 Å². The number of hydrogen-bond donors (Lipinski definition) is 5. The number of fused-ring (bicyclic) bond motifs is 1. The molecule has 0 aliphatic carbocycles. The normalized spacial score (nSPS) is 15.6. The Labute approximate surface area is 191 Å². The Morgan fingerprint density at radius 2 is 1.97 bits per heavy atom. The molecule has 10 nitrogen and oxygen atoms in total. The molecule has 168 valence electrons. The van der Waals surface area contributed by atoms with Gasteiger partial charge in [0.25, 0.3) is 5.91 Å². The number of benzene rings is 2. The highest BCUT2D eigenvalue weighted by Gasteiger charge is 2.23. The smallest absolute Gasteiger partial charge is 0.349 e. The van der Waals surface area contributed by atoms with Gasteiger partial charge in [-0.1, -0.05) is 28.9 Å². The quantitative estimate of drug-likeness (QED) is 0.305. The monoisotopic (exact) mass is 466 g/mol. The lowest BCUT2D eigenvalue weighted by atomic mass is 10.1. The molecule has 1 saturated heterocycles. The lowest BCUT2D eigenvalue weighted by Gasteiger charge is -2.11. The molecule has 0 bridgehead atoms. The Balaban J connectivity index is 1.42. The maximum Gasteiger partial charge on any atom is 0.439 e. The van der Waals surface area contributed by atoms with Gasteiger partial charge in [0.05, 0.1) is 22.9 Å². The summed E-state index contributed by atoms with van der Waals surface area (Å²) in [7, 11) is 0. The van der Waals surface area contributed by atoms with Crippen LogP contribution in [0.15, 0.2) is 51.8 Å². The number of aromatic nitrogens is 3. The molecule has 5 N–H and O–H groups in total. The number of para-hydroxylation sites is 1. The summed E-state index contributed by atoms with van der Waals surface area (Å²) >= 11 is 6.08. The predicted molar refractivity (Wildman–Crippen MR) is 123 cm³/mol. The van der Waals surface area contributed by atoms with Crippen molar-refractivity contribution in [1.29, 1.82) is 0 Å². The molecule has 0 saturated carbocycles. The number of carbonyl (C=O) groups excluding carboxylic acids is 2. The molecule has 0 spiro atoms.